The fourth-order valence-corrected chi connectivity index (χ4v) is 3.59. The van der Waals surface area contributed by atoms with Gasteiger partial charge in [-0.15, -0.1) is 34.0 Å². The van der Waals surface area contributed by atoms with E-state index in [1.807, 2.05) is 4.57 Å². The molecule has 7 heteroatoms. The zero-order valence-corrected chi connectivity index (χ0v) is 17.7. The Bertz CT molecular complexity index is 858. The molecule has 0 spiro atoms. The maximum absolute atomic E-state index is 13.1. The lowest BCUT2D eigenvalue weighted by Gasteiger charge is -2.23. The number of nitrogens with one attached hydrogen (secondary N) is 1. The van der Waals surface area contributed by atoms with E-state index in [0.29, 0.717) is 18.4 Å². The van der Waals surface area contributed by atoms with Crippen LogP contribution in [0.1, 0.15) is 29.9 Å². The van der Waals surface area contributed by atoms with Gasteiger partial charge in [0.25, 0.3) is 0 Å². The molecule has 0 bridgehead atoms. The van der Waals surface area contributed by atoms with Crippen molar-refractivity contribution in [1.82, 2.24) is 14.9 Å². The Balaban J connectivity index is 0.00000121. The van der Waals surface area contributed by atoms with Gasteiger partial charge in [-0.2, -0.15) is 0 Å². The molecule has 3 N–H and O–H groups in total. The second kappa shape index (κ2) is 8.97. The standard InChI is InChI=1S/C19H21FN4.2BrH/c20-15-6-4-13(5-7-15)12-24-17-3-1-2-16(18(17)23-19(24)21)14-8-10-22-11-9-14;;/h1-7,14,22H,8-12H2,(H2,21,23);2*1H. The molecule has 4 nitrogen and oxygen atoms in total. The number of anilines is 1. The van der Waals surface area contributed by atoms with E-state index in [-0.39, 0.29) is 39.8 Å². The third-order valence-corrected chi connectivity index (χ3v) is 4.87. The van der Waals surface area contributed by atoms with Crippen molar-refractivity contribution in [2.24, 2.45) is 0 Å². The number of benzene rings is 2. The van der Waals surface area contributed by atoms with E-state index < -0.39 is 0 Å². The number of aromatic nitrogens is 2. The topological polar surface area (TPSA) is 55.9 Å². The Morgan fingerprint density at radius 2 is 1.77 bits per heavy atom. The number of nitrogen functional groups attached to an aromatic ring is 1. The average molecular weight is 486 g/mol. The normalized spacial score (nSPS) is 14.7. The van der Waals surface area contributed by atoms with Crippen LogP contribution in [0.25, 0.3) is 11.0 Å². The molecule has 1 aliphatic heterocycles. The van der Waals surface area contributed by atoms with E-state index in [0.717, 1.165) is 42.5 Å². The van der Waals surface area contributed by atoms with Gasteiger partial charge >= 0.3 is 0 Å². The number of fused-ring (bicyclic) bond motifs is 1. The van der Waals surface area contributed by atoms with Crippen LogP contribution in [0.3, 0.4) is 0 Å². The van der Waals surface area contributed by atoms with Crippen LogP contribution in [0.5, 0.6) is 0 Å². The minimum Gasteiger partial charge on any atom is -0.369 e. The third-order valence-electron chi connectivity index (χ3n) is 4.87. The highest BCUT2D eigenvalue weighted by Crippen LogP contribution is 2.32. The van der Waals surface area contributed by atoms with E-state index in [2.05, 4.69) is 28.5 Å². The first-order valence-electron chi connectivity index (χ1n) is 8.42. The third kappa shape index (κ3) is 4.10. The summed E-state index contributed by atoms with van der Waals surface area (Å²) < 4.78 is 15.1. The Hall–Kier alpha value is -1.44. The summed E-state index contributed by atoms with van der Waals surface area (Å²) in [5.41, 5.74) is 10.5. The average Bonchev–Trinajstić information content (AvgIpc) is 2.93. The van der Waals surface area contributed by atoms with E-state index >= 15 is 0 Å². The van der Waals surface area contributed by atoms with Gasteiger partial charge in [-0.3, -0.25) is 0 Å². The predicted octanol–water partition coefficient (Wildman–Crippen LogP) is 4.43. The van der Waals surface area contributed by atoms with Gasteiger partial charge in [0.2, 0.25) is 5.95 Å². The summed E-state index contributed by atoms with van der Waals surface area (Å²) in [7, 11) is 0. The number of rotatable bonds is 3. The summed E-state index contributed by atoms with van der Waals surface area (Å²) in [6.45, 7) is 2.69. The van der Waals surface area contributed by atoms with Gasteiger partial charge in [0.05, 0.1) is 17.6 Å². The van der Waals surface area contributed by atoms with Gasteiger partial charge in [-0.1, -0.05) is 24.3 Å². The Morgan fingerprint density at radius 3 is 2.46 bits per heavy atom. The SMILES string of the molecule is Br.Br.Nc1nc2c(C3CCNCC3)cccc2n1Cc1ccc(F)cc1. The van der Waals surface area contributed by atoms with Crippen LogP contribution in [0.4, 0.5) is 10.3 Å². The molecule has 1 aliphatic rings. The van der Waals surface area contributed by atoms with Crippen LogP contribution in [-0.4, -0.2) is 22.6 Å². The predicted molar refractivity (Wildman–Crippen MR) is 115 cm³/mol. The molecule has 2 heterocycles. The Labute approximate surface area is 173 Å². The molecule has 0 unspecified atom stereocenters. The summed E-state index contributed by atoms with van der Waals surface area (Å²) in [5.74, 6) is 0.814. The summed E-state index contributed by atoms with van der Waals surface area (Å²) in [6.07, 6.45) is 2.26. The van der Waals surface area contributed by atoms with Crippen molar-refractivity contribution in [2.45, 2.75) is 25.3 Å². The molecule has 1 aromatic heterocycles. The Kier molecular flexibility index (Phi) is 7.20. The lowest BCUT2D eigenvalue weighted by molar-refractivity contribution is 0.462. The van der Waals surface area contributed by atoms with Gasteiger partial charge in [-0.05, 0) is 61.2 Å². The fraction of sp³-hybridized carbons (Fsp3) is 0.316. The van der Waals surface area contributed by atoms with E-state index in [4.69, 9.17) is 5.73 Å². The highest BCUT2D eigenvalue weighted by molar-refractivity contribution is 8.93. The molecule has 0 saturated carbocycles. The lowest BCUT2D eigenvalue weighted by atomic mass is 9.89. The monoisotopic (exact) mass is 484 g/mol. The van der Waals surface area contributed by atoms with Gasteiger partial charge in [0.1, 0.15) is 5.82 Å². The van der Waals surface area contributed by atoms with Gasteiger partial charge < -0.3 is 15.6 Å². The first-order valence-corrected chi connectivity index (χ1v) is 8.42. The van der Waals surface area contributed by atoms with Gasteiger partial charge in [0.15, 0.2) is 0 Å². The van der Waals surface area contributed by atoms with Crippen molar-refractivity contribution < 1.29 is 4.39 Å². The molecule has 0 atom stereocenters. The number of nitrogens with two attached hydrogens (primary N) is 1. The van der Waals surface area contributed by atoms with Crippen molar-refractivity contribution in [3.63, 3.8) is 0 Å². The highest BCUT2D eigenvalue weighted by Gasteiger charge is 2.20. The summed E-state index contributed by atoms with van der Waals surface area (Å²) >= 11 is 0. The molecule has 0 radical (unpaired) electrons. The first-order chi connectivity index (χ1) is 11.7. The van der Waals surface area contributed by atoms with Gasteiger partial charge in [-0.25, -0.2) is 9.37 Å². The quantitative estimate of drug-likeness (QED) is 0.577. The smallest absolute Gasteiger partial charge is 0.201 e. The minimum atomic E-state index is -0.226. The summed E-state index contributed by atoms with van der Waals surface area (Å²) in [4.78, 5) is 4.65. The molecule has 3 aromatic rings. The molecule has 1 saturated heterocycles. The molecule has 2 aromatic carbocycles. The number of hydrogen-bond acceptors (Lipinski definition) is 3. The summed E-state index contributed by atoms with van der Waals surface area (Å²) in [5, 5.41) is 3.41. The molecule has 4 rings (SSSR count). The van der Waals surface area contributed by atoms with Crippen molar-refractivity contribution in [1.29, 1.82) is 0 Å². The molecular formula is C19H23Br2FN4. The maximum atomic E-state index is 13.1. The molecule has 1 fully saturated rings. The molecule has 140 valence electrons. The molecule has 0 aliphatic carbocycles. The van der Waals surface area contributed by atoms with Crippen molar-refractivity contribution in [3.05, 3.63) is 59.4 Å². The number of piperidine rings is 1. The maximum Gasteiger partial charge on any atom is 0.201 e. The zero-order chi connectivity index (χ0) is 16.5. The first kappa shape index (κ1) is 20.9. The number of para-hydroxylation sites is 1. The van der Waals surface area contributed by atoms with Crippen molar-refractivity contribution in [2.75, 3.05) is 18.8 Å². The number of hydrogen-bond donors (Lipinski definition) is 2. The van der Waals surface area contributed by atoms with Crippen LogP contribution >= 0.6 is 34.0 Å². The second-order valence-corrected chi connectivity index (χ2v) is 6.42. The van der Waals surface area contributed by atoms with Crippen LogP contribution in [0.2, 0.25) is 0 Å². The zero-order valence-electron chi connectivity index (χ0n) is 14.3. The van der Waals surface area contributed by atoms with Crippen LogP contribution in [-0.2, 0) is 6.54 Å². The van der Waals surface area contributed by atoms with E-state index in [1.54, 1.807) is 12.1 Å². The molecule has 26 heavy (non-hydrogen) atoms. The van der Waals surface area contributed by atoms with Gasteiger partial charge in [0, 0.05) is 0 Å². The summed E-state index contributed by atoms with van der Waals surface area (Å²) in [6, 6.07) is 12.9. The largest absolute Gasteiger partial charge is 0.369 e. The number of imidazole rings is 1. The highest BCUT2D eigenvalue weighted by atomic mass is 79.9. The number of halogens is 3. The minimum absolute atomic E-state index is 0. The van der Waals surface area contributed by atoms with Crippen LogP contribution in [0, 0.1) is 5.82 Å². The lowest BCUT2D eigenvalue weighted by Crippen LogP contribution is -2.26. The van der Waals surface area contributed by atoms with Crippen molar-refractivity contribution in [3.8, 4) is 0 Å². The second-order valence-electron chi connectivity index (χ2n) is 6.42. The van der Waals surface area contributed by atoms with Crippen LogP contribution < -0.4 is 11.1 Å². The number of nitrogens with zero attached hydrogens (tertiary/aromatic N) is 2. The van der Waals surface area contributed by atoms with Crippen molar-refractivity contribution >= 4 is 50.9 Å². The van der Waals surface area contributed by atoms with Crippen LogP contribution in [0.15, 0.2) is 42.5 Å². The molecular weight excluding hydrogens is 463 g/mol. The molecule has 0 amide bonds. The fourth-order valence-electron chi connectivity index (χ4n) is 3.59. The van der Waals surface area contributed by atoms with E-state index in [1.165, 1.54) is 17.7 Å². The Morgan fingerprint density at radius 1 is 1.08 bits per heavy atom. The van der Waals surface area contributed by atoms with E-state index in [9.17, 15) is 4.39 Å².